The third-order valence-electron chi connectivity index (χ3n) is 5.92. The number of aryl methyl sites for hydroxylation is 1. The van der Waals surface area contributed by atoms with Crippen LogP contribution in [0.15, 0.2) is 41.4 Å². The van der Waals surface area contributed by atoms with Crippen molar-refractivity contribution in [1.82, 2.24) is 10.3 Å². The van der Waals surface area contributed by atoms with E-state index in [0.717, 1.165) is 24.1 Å². The van der Waals surface area contributed by atoms with Crippen LogP contribution < -0.4 is 14.4 Å². The molecule has 0 aliphatic carbocycles. The number of pyridine rings is 1. The van der Waals surface area contributed by atoms with E-state index in [2.05, 4.69) is 24.1 Å². The van der Waals surface area contributed by atoms with Crippen LogP contribution in [0.2, 0.25) is 0 Å². The van der Waals surface area contributed by atoms with E-state index in [1.165, 1.54) is 4.31 Å². The first-order valence-electron chi connectivity index (χ1n) is 11.7. The molecule has 0 unspecified atom stereocenters. The minimum absolute atomic E-state index is 0.118. The number of anilines is 1. The molecule has 1 fully saturated rings. The highest BCUT2D eigenvalue weighted by Gasteiger charge is 2.29. The predicted octanol–water partition coefficient (Wildman–Crippen LogP) is 4.69. The summed E-state index contributed by atoms with van der Waals surface area (Å²) in [5.41, 5.74) is 1.90. The maximum absolute atomic E-state index is 14.0. The van der Waals surface area contributed by atoms with Crippen molar-refractivity contribution >= 4 is 15.8 Å². The highest BCUT2D eigenvalue weighted by molar-refractivity contribution is 7.92. The summed E-state index contributed by atoms with van der Waals surface area (Å²) in [6.45, 7) is 11.8. The molecule has 2 atom stereocenters. The molecule has 1 aliphatic rings. The van der Waals surface area contributed by atoms with Crippen LogP contribution in [0.4, 0.5) is 10.2 Å². The van der Waals surface area contributed by atoms with Gasteiger partial charge in [-0.1, -0.05) is 33.8 Å². The quantitative estimate of drug-likeness (QED) is 0.567. The van der Waals surface area contributed by atoms with Gasteiger partial charge in [0.25, 0.3) is 10.0 Å². The van der Waals surface area contributed by atoms with Gasteiger partial charge < -0.3 is 10.1 Å². The summed E-state index contributed by atoms with van der Waals surface area (Å²) in [5.74, 6) is 1.26. The molecule has 3 rings (SSSR count). The molecule has 1 aromatic carbocycles. The van der Waals surface area contributed by atoms with E-state index in [9.17, 15) is 12.8 Å². The molecule has 1 aromatic heterocycles. The van der Waals surface area contributed by atoms with Crippen LogP contribution >= 0.6 is 0 Å². The van der Waals surface area contributed by atoms with Gasteiger partial charge in [-0.15, -0.1) is 0 Å². The number of aromatic nitrogens is 1. The largest absolute Gasteiger partial charge is 0.493 e. The second-order valence-corrected chi connectivity index (χ2v) is 11.4. The van der Waals surface area contributed by atoms with Gasteiger partial charge in [-0.25, -0.2) is 22.1 Å². The number of nitrogens with zero attached hydrogens (tertiary/aromatic N) is 2. The molecular formula is C25H36FN3O3S. The fourth-order valence-corrected chi connectivity index (χ4v) is 5.54. The average molecular weight is 478 g/mol. The zero-order chi connectivity index (χ0) is 24.2. The third-order valence-corrected chi connectivity index (χ3v) is 7.69. The van der Waals surface area contributed by atoms with Crippen molar-refractivity contribution in [2.24, 2.45) is 11.8 Å². The highest BCUT2D eigenvalue weighted by Crippen LogP contribution is 2.29. The van der Waals surface area contributed by atoms with E-state index in [1.807, 2.05) is 26.8 Å². The van der Waals surface area contributed by atoms with Crippen LogP contribution in [0.5, 0.6) is 5.75 Å². The molecule has 8 heteroatoms. The van der Waals surface area contributed by atoms with Crippen LogP contribution in [-0.4, -0.2) is 45.8 Å². The first-order valence-corrected chi connectivity index (χ1v) is 13.1. The molecule has 0 spiro atoms. The second-order valence-electron chi connectivity index (χ2n) is 9.55. The Bertz CT molecular complexity index is 1030. The Morgan fingerprint density at radius 3 is 2.48 bits per heavy atom. The molecular weight excluding hydrogens is 441 g/mol. The second kappa shape index (κ2) is 10.8. The van der Waals surface area contributed by atoms with Gasteiger partial charge in [0, 0.05) is 25.2 Å². The van der Waals surface area contributed by atoms with Gasteiger partial charge in [0.15, 0.2) is 0 Å². The first-order chi connectivity index (χ1) is 15.6. The summed E-state index contributed by atoms with van der Waals surface area (Å²) in [4.78, 5) is 4.71. The summed E-state index contributed by atoms with van der Waals surface area (Å²) >= 11 is 0. The SMILES string of the molecule is Cc1cc(C(C)C)cnc1N(CC(C)C)S(=O)(=O)c1ccc(OC[C@@H]2CCNC[C@@H]2F)cc1. The van der Waals surface area contributed by atoms with Crippen molar-refractivity contribution < 1.29 is 17.5 Å². The number of hydrogen-bond donors (Lipinski definition) is 1. The number of piperidine rings is 1. The number of nitrogens with one attached hydrogen (secondary N) is 1. The number of alkyl halides is 1. The van der Waals surface area contributed by atoms with Gasteiger partial charge in [0.1, 0.15) is 17.7 Å². The van der Waals surface area contributed by atoms with Crippen LogP contribution in [0.25, 0.3) is 0 Å². The Balaban J connectivity index is 1.81. The fraction of sp³-hybridized carbons (Fsp3) is 0.560. The van der Waals surface area contributed by atoms with E-state index in [1.54, 1.807) is 30.5 Å². The Hall–Kier alpha value is -2.19. The summed E-state index contributed by atoms with van der Waals surface area (Å²) in [5, 5.41) is 3.03. The predicted molar refractivity (Wildman–Crippen MR) is 130 cm³/mol. The van der Waals surface area contributed by atoms with Crippen LogP contribution in [-0.2, 0) is 10.0 Å². The van der Waals surface area contributed by atoms with E-state index >= 15 is 0 Å². The molecule has 0 saturated carbocycles. The van der Waals surface area contributed by atoms with E-state index in [4.69, 9.17) is 4.74 Å². The highest BCUT2D eigenvalue weighted by atomic mass is 32.2. The molecule has 1 aliphatic heterocycles. The molecule has 1 saturated heterocycles. The Kier molecular flexibility index (Phi) is 8.34. The number of ether oxygens (including phenoxy) is 1. The molecule has 0 amide bonds. The number of sulfonamides is 1. The molecule has 1 N–H and O–H groups in total. The lowest BCUT2D eigenvalue weighted by atomic mass is 9.97. The zero-order valence-corrected chi connectivity index (χ0v) is 21.0. The van der Waals surface area contributed by atoms with Crippen molar-refractivity contribution in [1.29, 1.82) is 0 Å². The lowest BCUT2D eigenvalue weighted by molar-refractivity contribution is 0.122. The van der Waals surface area contributed by atoms with Gasteiger partial charge >= 0.3 is 0 Å². The van der Waals surface area contributed by atoms with Crippen LogP contribution in [0.3, 0.4) is 0 Å². The van der Waals surface area contributed by atoms with Crippen molar-refractivity contribution in [3.63, 3.8) is 0 Å². The maximum Gasteiger partial charge on any atom is 0.265 e. The average Bonchev–Trinajstić information content (AvgIpc) is 2.77. The lowest BCUT2D eigenvalue weighted by Gasteiger charge is -2.27. The summed E-state index contributed by atoms with van der Waals surface area (Å²) in [6.07, 6.45) is 1.55. The first kappa shape index (κ1) is 25.4. The lowest BCUT2D eigenvalue weighted by Crippen LogP contribution is -2.40. The van der Waals surface area contributed by atoms with E-state index < -0.39 is 16.2 Å². The summed E-state index contributed by atoms with van der Waals surface area (Å²) < 4.78 is 48.3. The standard InChI is InChI=1S/C25H36FN3O3S/c1-17(2)15-29(25-19(5)12-21(13-28-25)18(3)4)33(30,31)23-8-6-22(7-9-23)32-16-20-10-11-27-14-24(20)26/h6-9,12-13,17-18,20,24,27H,10-11,14-16H2,1-5H3/t20-,24-/m0/s1. The molecule has 33 heavy (non-hydrogen) atoms. The van der Waals surface area contributed by atoms with E-state index in [0.29, 0.717) is 30.6 Å². The minimum atomic E-state index is -3.82. The topological polar surface area (TPSA) is 71.5 Å². The third kappa shape index (κ3) is 6.23. The van der Waals surface area contributed by atoms with Gasteiger partial charge in [0.2, 0.25) is 0 Å². The molecule has 0 radical (unpaired) electrons. The van der Waals surface area contributed by atoms with Crippen LogP contribution in [0.1, 0.15) is 51.2 Å². The van der Waals surface area contributed by atoms with Crippen molar-refractivity contribution in [3.8, 4) is 5.75 Å². The van der Waals surface area contributed by atoms with Gasteiger partial charge in [0.05, 0.1) is 11.5 Å². The smallest absolute Gasteiger partial charge is 0.265 e. The van der Waals surface area contributed by atoms with Gasteiger partial charge in [-0.05, 0) is 67.1 Å². The Morgan fingerprint density at radius 2 is 1.91 bits per heavy atom. The fourth-order valence-electron chi connectivity index (χ4n) is 3.90. The molecule has 2 heterocycles. The number of halogens is 1. The molecule has 2 aromatic rings. The molecule has 182 valence electrons. The van der Waals surface area contributed by atoms with Crippen molar-refractivity contribution in [2.45, 2.75) is 58.0 Å². The Labute approximate surface area is 197 Å². The summed E-state index contributed by atoms with van der Waals surface area (Å²) in [6, 6.07) is 8.37. The molecule has 6 nitrogen and oxygen atoms in total. The number of benzene rings is 1. The normalized spacial score (nSPS) is 19.2. The number of hydrogen-bond acceptors (Lipinski definition) is 5. The van der Waals surface area contributed by atoms with Crippen molar-refractivity contribution in [2.75, 3.05) is 30.5 Å². The zero-order valence-electron chi connectivity index (χ0n) is 20.2. The molecule has 0 bridgehead atoms. The Morgan fingerprint density at radius 1 is 1.21 bits per heavy atom. The minimum Gasteiger partial charge on any atom is -0.493 e. The number of rotatable bonds is 9. The van der Waals surface area contributed by atoms with Crippen LogP contribution in [0, 0.1) is 18.8 Å². The summed E-state index contributed by atoms with van der Waals surface area (Å²) in [7, 11) is -3.82. The monoisotopic (exact) mass is 477 g/mol. The van der Waals surface area contributed by atoms with Crippen molar-refractivity contribution in [3.05, 3.63) is 47.7 Å². The van der Waals surface area contributed by atoms with E-state index in [-0.39, 0.29) is 23.3 Å². The van der Waals surface area contributed by atoms with Gasteiger partial charge in [-0.3, -0.25) is 0 Å². The van der Waals surface area contributed by atoms with Gasteiger partial charge in [-0.2, -0.15) is 0 Å². The maximum atomic E-state index is 14.0.